The fourth-order valence-electron chi connectivity index (χ4n) is 4.36. The third-order valence-electron chi connectivity index (χ3n) is 6.50. The van der Waals surface area contributed by atoms with Crippen LogP contribution in [0.25, 0.3) is 6.08 Å². The number of allylic oxidation sites excluding steroid dienone is 1. The fourth-order valence-corrected chi connectivity index (χ4v) is 4.76. The van der Waals surface area contributed by atoms with Crippen LogP contribution in [0.5, 0.6) is 11.5 Å². The van der Waals surface area contributed by atoms with Crippen LogP contribution in [-0.2, 0) is 4.74 Å². The van der Waals surface area contributed by atoms with Crippen molar-refractivity contribution in [3.05, 3.63) is 65.7 Å². The maximum Gasteiger partial charge on any atom is 0.185 e. The first-order valence-electron chi connectivity index (χ1n) is 13.6. The number of hydrogen-bond acceptors (Lipinski definition) is 4. The van der Waals surface area contributed by atoms with E-state index >= 15 is 0 Å². The Kier molecular flexibility index (Phi) is 13.7. The standard InChI is InChI=1S/C31H41BrO4/c32-22-8-3-1-2-4-9-23-34-30-19-15-27(16-20-30)31(33)21-14-26-12-17-29(18-13-26)36-25-24-35-28-10-6-5-7-11-28/h12-21,28H,1-11,22-25H2. The van der Waals surface area contributed by atoms with Gasteiger partial charge in [-0.2, -0.15) is 0 Å². The van der Waals surface area contributed by atoms with E-state index in [1.165, 1.54) is 64.2 Å². The highest BCUT2D eigenvalue weighted by atomic mass is 79.9. The van der Waals surface area contributed by atoms with Crippen LogP contribution in [0, 0.1) is 0 Å². The van der Waals surface area contributed by atoms with Gasteiger partial charge in [0, 0.05) is 10.9 Å². The molecule has 1 fully saturated rings. The van der Waals surface area contributed by atoms with Gasteiger partial charge in [0.25, 0.3) is 0 Å². The molecule has 3 rings (SSSR count). The molecule has 4 nitrogen and oxygen atoms in total. The molecule has 0 amide bonds. The summed E-state index contributed by atoms with van der Waals surface area (Å²) in [5.41, 5.74) is 1.62. The van der Waals surface area contributed by atoms with Crippen LogP contribution in [0.4, 0.5) is 0 Å². The van der Waals surface area contributed by atoms with Gasteiger partial charge in [-0.1, -0.05) is 79.1 Å². The zero-order chi connectivity index (χ0) is 25.3. The number of benzene rings is 2. The van der Waals surface area contributed by atoms with E-state index in [2.05, 4.69) is 15.9 Å². The molecule has 1 aliphatic rings. The maximum absolute atomic E-state index is 12.5. The highest BCUT2D eigenvalue weighted by molar-refractivity contribution is 9.09. The molecule has 2 aromatic rings. The molecule has 5 heteroatoms. The molecule has 196 valence electrons. The smallest absolute Gasteiger partial charge is 0.185 e. The molecule has 0 atom stereocenters. The van der Waals surface area contributed by atoms with E-state index in [-0.39, 0.29) is 5.78 Å². The van der Waals surface area contributed by atoms with Gasteiger partial charge < -0.3 is 14.2 Å². The number of ether oxygens (including phenoxy) is 3. The first-order valence-corrected chi connectivity index (χ1v) is 14.7. The molecule has 0 heterocycles. The Balaban J connectivity index is 1.32. The van der Waals surface area contributed by atoms with Crippen LogP contribution in [0.2, 0.25) is 0 Å². The summed E-state index contributed by atoms with van der Waals surface area (Å²) in [7, 11) is 0. The monoisotopic (exact) mass is 556 g/mol. The Morgan fingerprint density at radius 2 is 1.36 bits per heavy atom. The minimum Gasteiger partial charge on any atom is -0.494 e. The van der Waals surface area contributed by atoms with Crippen molar-refractivity contribution < 1.29 is 19.0 Å². The SMILES string of the molecule is O=C(C=Cc1ccc(OCCOC2CCCCC2)cc1)c1ccc(OCCCCCCCCBr)cc1. The predicted octanol–water partition coefficient (Wildman–Crippen LogP) is 8.43. The third kappa shape index (κ3) is 11.3. The molecule has 2 aromatic carbocycles. The number of carbonyl (C=O) groups excluding carboxylic acids is 1. The second-order valence-corrected chi connectivity index (χ2v) is 10.2. The molecule has 36 heavy (non-hydrogen) atoms. The molecule has 0 saturated heterocycles. The highest BCUT2D eigenvalue weighted by Crippen LogP contribution is 2.20. The van der Waals surface area contributed by atoms with Gasteiger partial charge in [-0.05, 0) is 73.7 Å². The van der Waals surface area contributed by atoms with E-state index in [1.54, 1.807) is 6.08 Å². The van der Waals surface area contributed by atoms with Crippen LogP contribution in [0.15, 0.2) is 54.6 Å². The van der Waals surface area contributed by atoms with Crippen molar-refractivity contribution in [2.45, 2.75) is 76.7 Å². The Hall–Kier alpha value is -2.11. The van der Waals surface area contributed by atoms with Gasteiger partial charge in [-0.15, -0.1) is 0 Å². The second-order valence-electron chi connectivity index (χ2n) is 9.43. The van der Waals surface area contributed by atoms with E-state index < -0.39 is 0 Å². The molecule has 0 aliphatic heterocycles. The summed E-state index contributed by atoms with van der Waals surface area (Å²) in [6.07, 6.45) is 17.5. The summed E-state index contributed by atoms with van der Waals surface area (Å²) in [6.45, 7) is 1.91. The summed E-state index contributed by atoms with van der Waals surface area (Å²) < 4.78 is 17.5. The van der Waals surface area contributed by atoms with Crippen molar-refractivity contribution in [1.29, 1.82) is 0 Å². The number of unbranched alkanes of at least 4 members (excludes halogenated alkanes) is 5. The van der Waals surface area contributed by atoms with Crippen LogP contribution in [0.1, 0.15) is 86.6 Å². The summed E-state index contributed by atoms with van der Waals surface area (Å²) >= 11 is 3.47. The molecular weight excluding hydrogens is 516 g/mol. The zero-order valence-electron chi connectivity index (χ0n) is 21.5. The van der Waals surface area contributed by atoms with E-state index in [9.17, 15) is 4.79 Å². The van der Waals surface area contributed by atoms with Crippen LogP contribution in [-0.4, -0.2) is 37.0 Å². The zero-order valence-corrected chi connectivity index (χ0v) is 23.1. The minimum absolute atomic E-state index is 0.0229. The predicted molar refractivity (Wildman–Crippen MR) is 152 cm³/mol. The Morgan fingerprint density at radius 1 is 0.750 bits per heavy atom. The van der Waals surface area contributed by atoms with Crippen molar-refractivity contribution in [2.24, 2.45) is 0 Å². The van der Waals surface area contributed by atoms with E-state index in [0.29, 0.717) is 24.9 Å². The lowest BCUT2D eigenvalue weighted by Gasteiger charge is -2.21. The molecule has 0 unspecified atom stereocenters. The van der Waals surface area contributed by atoms with Crippen LogP contribution in [0.3, 0.4) is 0 Å². The van der Waals surface area contributed by atoms with Crippen LogP contribution < -0.4 is 9.47 Å². The van der Waals surface area contributed by atoms with Crippen LogP contribution >= 0.6 is 15.9 Å². The Labute approximate surface area is 225 Å². The quantitative estimate of drug-likeness (QED) is 0.0848. The summed E-state index contributed by atoms with van der Waals surface area (Å²) in [6, 6.07) is 15.2. The number of ketones is 1. The first-order chi connectivity index (χ1) is 17.7. The fraction of sp³-hybridized carbons (Fsp3) is 0.516. The lowest BCUT2D eigenvalue weighted by molar-refractivity contribution is 0.0129. The highest BCUT2D eigenvalue weighted by Gasteiger charge is 2.13. The molecule has 0 aromatic heterocycles. The van der Waals surface area contributed by atoms with Gasteiger partial charge in [0.2, 0.25) is 0 Å². The molecule has 0 N–H and O–H groups in total. The van der Waals surface area contributed by atoms with Crippen molar-refractivity contribution >= 4 is 27.8 Å². The molecule has 1 saturated carbocycles. The molecule has 0 radical (unpaired) electrons. The number of rotatable bonds is 17. The molecule has 1 aliphatic carbocycles. The van der Waals surface area contributed by atoms with Gasteiger partial charge in [0.15, 0.2) is 5.78 Å². The van der Waals surface area contributed by atoms with E-state index in [1.807, 2.05) is 54.6 Å². The molecule has 0 bridgehead atoms. The Morgan fingerprint density at radius 3 is 2.06 bits per heavy atom. The van der Waals surface area contributed by atoms with E-state index in [0.717, 1.165) is 35.4 Å². The second kappa shape index (κ2) is 17.4. The molecular formula is C31H41BrO4. The Bertz CT molecular complexity index is 886. The number of halogens is 1. The van der Waals surface area contributed by atoms with Gasteiger partial charge in [-0.3, -0.25) is 4.79 Å². The summed E-state index contributed by atoms with van der Waals surface area (Å²) in [5.74, 6) is 1.61. The van der Waals surface area contributed by atoms with Gasteiger partial charge in [-0.25, -0.2) is 0 Å². The lowest BCUT2D eigenvalue weighted by Crippen LogP contribution is -2.19. The van der Waals surface area contributed by atoms with Crippen molar-refractivity contribution in [2.75, 3.05) is 25.2 Å². The normalized spacial score (nSPS) is 14.2. The van der Waals surface area contributed by atoms with Gasteiger partial charge in [0.05, 0.1) is 19.3 Å². The lowest BCUT2D eigenvalue weighted by atomic mass is 9.98. The minimum atomic E-state index is -0.0229. The van der Waals surface area contributed by atoms with Crippen molar-refractivity contribution in [3.63, 3.8) is 0 Å². The van der Waals surface area contributed by atoms with E-state index in [4.69, 9.17) is 14.2 Å². The topological polar surface area (TPSA) is 44.8 Å². The average molecular weight is 558 g/mol. The third-order valence-corrected chi connectivity index (χ3v) is 7.06. The number of hydrogen-bond donors (Lipinski definition) is 0. The summed E-state index contributed by atoms with van der Waals surface area (Å²) in [4.78, 5) is 12.5. The van der Waals surface area contributed by atoms with Crippen molar-refractivity contribution in [1.82, 2.24) is 0 Å². The molecule has 0 spiro atoms. The average Bonchev–Trinajstić information content (AvgIpc) is 2.93. The largest absolute Gasteiger partial charge is 0.494 e. The number of carbonyl (C=O) groups is 1. The summed E-state index contributed by atoms with van der Waals surface area (Å²) in [5, 5.41) is 1.10. The maximum atomic E-state index is 12.5. The first kappa shape index (κ1) is 28.5. The van der Waals surface area contributed by atoms with Gasteiger partial charge >= 0.3 is 0 Å². The number of alkyl halides is 1. The van der Waals surface area contributed by atoms with Crippen molar-refractivity contribution in [3.8, 4) is 11.5 Å². The van der Waals surface area contributed by atoms with Gasteiger partial charge in [0.1, 0.15) is 18.1 Å².